The molecular weight excluding hydrogens is 236 g/mol. The highest BCUT2D eigenvalue weighted by Gasteiger charge is 2.13. The molecule has 0 aliphatic rings. The number of carbonyl (C=O) groups excluding carboxylic acids is 1. The van der Waals surface area contributed by atoms with Crippen LogP contribution in [0.5, 0.6) is 0 Å². The lowest BCUT2D eigenvalue weighted by Crippen LogP contribution is -2.26. The summed E-state index contributed by atoms with van der Waals surface area (Å²) in [6, 6.07) is 5.15. The van der Waals surface area contributed by atoms with E-state index in [0.29, 0.717) is 22.8 Å². The Kier molecular flexibility index (Phi) is 5.29. The molecule has 0 spiro atoms. The monoisotopic (exact) mass is 254 g/mol. The van der Waals surface area contributed by atoms with E-state index in [0.717, 1.165) is 19.3 Å². The molecule has 94 valence electrons. The maximum absolute atomic E-state index is 11.9. The van der Waals surface area contributed by atoms with Gasteiger partial charge < -0.3 is 10.6 Å². The second-order valence-electron chi connectivity index (χ2n) is 4.11. The minimum absolute atomic E-state index is 0.0763. The van der Waals surface area contributed by atoms with Crippen LogP contribution < -0.4 is 10.6 Å². The van der Waals surface area contributed by atoms with Crippen LogP contribution in [-0.4, -0.2) is 13.0 Å². The molecular formula is C13H19ClN2O. The van der Waals surface area contributed by atoms with Crippen LogP contribution in [0.25, 0.3) is 0 Å². The molecule has 0 aliphatic heterocycles. The van der Waals surface area contributed by atoms with Gasteiger partial charge >= 0.3 is 0 Å². The van der Waals surface area contributed by atoms with Crippen molar-refractivity contribution in [1.29, 1.82) is 0 Å². The zero-order chi connectivity index (χ0) is 12.8. The first-order valence-corrected chi connectivity index (χ1v) is 6.25. The second-order valence-corrected chi connectivity index (χ2v) is 4.55. The van der Waals surface area contributed by atoms with E-state index < -0.39 is 0 Å². The van der Waals surface area contributed by atoms with Crippen molar-refractivity contribution in [2.24, 2.45) is 0 Å². The van der Waals surface area contributed by atoms with Gasteiger partial charge in [0.05, 0.1) is 11.4 Å². The third-order valence-corrected chi connectivity index (χ3v) is 2.96. The minimum Gasteiger partial charge on any atom is -0.397 e. The van der Waals surface area contributed by atoms with E-state index in [1.807, 2.05) is 0 Å². The fourth-order valence-corrected chi connectivity index (χ4v) is 1.80. The number of rotatable bonds is 5. The van der Waals surface area contributed by atoms with Gasteiger partial charge in [0, 0.05) is 18.5 Å². The topological polar surface area (TPSA) is 46.3 Å². The summed E-state index contributed by atoms with van der Waals surface area (Å²) in [6.07, 6.45) is 3.65. The fraction of sp³-hybridized carbons (Fsp3) is 0.462. The summed E-state index contributed by atoms with van der Waals surface area (Å²) in [5.41, 5.74) is 7.08. The summed E-state index contributed by atoms with van der Waals surface area (Å²) in [7, 11) is 1.73. The Bertz CT molecular complexity index is 393. The number of nitrogens with zero attached hydrogens (tertiary/aromatic N) is 1. The van der Waals surface area contributed by atoms with E-state index in [-0.39, 0.29) is 5.91 Å². The number of carbonyl (C=O) groups is 1. The van der Waals surface area contributed by atoms with Gasteiger partial charge in [-0.1, -0.05) is 31.4 Å². The lowest BCUT2D eigenvalue weighted by Gasteiger charge is -2.19. The normalized spacial score (nSPS) is 10.3. The zero-order valence-corrected chi connectivity index (χ0v) is 11.1. The number of hydrogen-bond donors (Lipinski definition) is 1. The standard InChI is InChI=1S/C13H19ClN2O/c1-3-4-5-6-13(17)16(2)12-9-10(14)7-8-11(12)15/h7-9H,3-6,15H2,1-2H3. The number of nitrogens with two attached hydrogens (primary N) is 1. The molecule has 0 unspecified atom stereocenters. The molecule has 3 nitrogen and oxygen atoms in total. The molecule has 1 aromatic carbocycles. The summed E-state index contributed by atoms with van der Waals surface area (Å²) in [5.74, 6) is 0.0763. The largest absolute Gasteiger partial charge is 0.397 e. The Morgan fingerprint density at radius 3 is 2.76 bits per heavy atom. The lowest BCUT2D eigenvalue weighted by molar-refractivity contribution is -0.118. The van der Waals surface area contributed by atoms with Gasteiger partial charge in [-0.3, -0.25) is 4.79 Å². The average Bonchev–Trinajstić information content (AvgIpc) is 2.31. The molecule has 1 amide bonds. The van der Waals surface area contributed by atoms with Gasteiger partial charge in [-0.15, -0.1) is 0 Å². The van der Waals surface area contributed by atoms with Crippen molar-refractivity contribution in [3.63, 3.8) is 0 Å². The van der Waals surface area contributed by atoms with Gasteiger partial charge in [0.2, 0.25) is 5.91 Å². The maximum Gasteiger partial charge on any atom is 0.226 e. The average molecular weight is 255 g/mol. The van der Waals surface area contributed by atoms with Crippen LogP contribution in [-0.2, 0) is 4.79 Å². The van der Waals surface area contributed by atoms with E-state index in [2.05, 4.69) is 6.92 Å². The number of benzene rings is 1. The molecule has 0 saturated heterocycles. The summed E-state index contributed by atoms with van der Waals surface area (Å²) in [5, 5.41) is 0.586. The van der Waals surface area contributed by atoms with E-state index in [1.54, 1.807) is 30.1 Å². The van der Waals surface area contributed by atoms with Gasteiger partial charge in [0.15, 0.2) is 0 Å². The minimum atomic E-state index is 0.0763. The van der Waals surface area contributed by atoms with E-state index >= 15 is 0 Å². The molecule has 0 bridgehead atoms. The quantitative estimate of drug-likeness (QED) is 0.646. The highest BCUT2D eigenvalue weighted by atomic mass is 35.5. The summed E-state index contributed by atoms with van der Waals surface area (Å²) in [4.78, 5) is 13.5. The second kappa shape index (κ2) is 6.50. The van der Waals surface area contributed by atoms with Gasteiger partial charge in [-0.25, -0.2) is 0 Å². The molecule has 4 heteroatoms. The molecule has 0 aliphatic carbocycles. The number of hydrogen-bond acceptors (Lipinski definition) is 2. The molecule has 0 fully saturated rings. The zero-order valence-electron chi connectivity index (χ0n) is 10.4. The van der Waals surface area contributed by atoms with Gasteiger partial charge in [-0.2, -0.15) is 0 Å². The van der Waals surface area contributed by atoms with Crippen molar-refractivity contribution in [1.82, 2.24) is 0 Å². The number of nitrogen functional groups attached to an aromatic ring is 1. The Morgan fingerprint density at radius 1 is 1.41 bits per heavy atom. The Labute approximate surface area is 108 Å². The number of amides is 1. The third-order valence-electron chi connectivity index (χ3n) is 2.72. The van der Waals surface area contributed by atoms with Crippen LogP contribution in [0, 0.1) is 0 Å². The van der Waals surface area contributed by atoms with Crippen LogP contribution in [0.4, 0.5) is 11.4 Å². The first kappa shape index (κ1) is 13.8. The molecule has 0 radical (unpaired) electrons. The van der Waals surface area contributed by atoms with Gasteiger partial charge in [0.25, 0.3) is 0 Å². The van der Waals surface area contributed by atoms with Crippen LogP contribution >= 0.6 is 11.6 Å². The number of unbranched alkanes of at least 4 members (excludes halogenated alkanes) is 2. The molecule has 2 N–H and O–H groups in total. The van der Waals surface area contributed by atoms with E-state index in [9.17, 15) is 4.79 Å². The molecule has 0 saturated carbocycles. The predicted octanol–water partition coefficient (Wildman–Crippen LogP) is 3.47. The van der Waals surface area contributed by atoms with Crippen molar-refractivity contribution in [3.8, 4) is 0 Å². The summed E-state index contributed by atoms with van der Waals surface area (Å²) in [6.45, 7) is 2.11. The van der Waals surface area contributed by atoms with Crippen LogP contribution in [0.3, 0.4) is 0 Å². The first-order chi connectivity index (χ1) is 8.06. The van der Waals surface area contributed by atoms with Crippen molar-refractivity contribution in [2.45, 2.75) is 32.6 Å². The molecule has 17 heavy (non-hydrogen) atoms. The molecule has 0 aromatic heterocycles. The summed E-state index contributed by atoms with van der Waals surface area (Å²) >= 11 is 5.90. The SMILES string of the molecule is CCCCCC(=O)N(C)c1cc(Cl)ccc1N. The summed E-state index contributed by atoms with van der Waals surface area (Å²) < 4.78 is 0. The number of anilines is 2. The molecule has 1 rings (SSSR count). The van der Waals surface area contributed by atoms with Crippen molar-refractivity contribution < 1.29 is 4.79 Å². The first-order valence-electron chi connectivity index (χ1n) is 5.87. The van der Waals surface area contributed by atoms with E-state index in [1.165, 1.54) is 0 Å². The highest BCUT2D eigenvalue weighted by Crippen LogP contribution is 2.26. The van der Waals surface area contributed by atoms with Crippen LogP contribution in [0.1, 0.15) is 32.6 Å². The lowest BCUT2D eigenvalue weighted by atomic mass is 10.2. The van der Waals surface area contributed by atoms with Crippen molar-refractivity contribution >= 4 is 28.9 Å². The van der Waals surface area contributed by atoms with Crippen LogP contribution in [0.15, 0.2) is 18.2 Å². The van der Waals surface area contributed by atoms with Crippen molar-refractivity contribution in [3.05, 3.63) is 23.2 Å². The molecule has 0 heterocycles. The van der Waals surface area contributed by atoms with E-state index in [4.69, 9.17) is 17.3 Å². The Morgan fingerprint density at radius 2 is 2.12 bits per heavy atom. The van der Waals surface area contributed by atoms with Crippen LogP contribution in [0.2, 0.25) is 5.02 Å². The third kappa shape index (κ3) is 3.93. The van der Waals surface area contributed by atoms with Gasteiger partial charge in [0.1, 0.15) is 0 Å². The molecule has 0 atom stereocenters. The number of halogens is 1. The van der Waals surface area contributed by atoms with Gasteiger partial charge in [-0.05, 0) is 24.6 Å². The maximum atomic E-state index is 11.9. The predicted molar refractivity (Wildman–Crippen MR) is 73.4 cm³/mol. The molecule has 1 aromatic rings. The Balaban J connectivity index is 2.71. The van der Waals surface area contributed by atoms with Crippen molar-refractivity contribution in [2.75, 3.05) is 17.7 Å². The fourth-order valence-electron chi connectivity index (χ4n) is 1.64. The smallest absolute Gasteiger partial charge is 0.226 e. The Hall–Kier alpha value is -1.22. The highest BCUT2D eigenvalue weighted by molar-refractivity contribution is 6.31.